The lowest BCUT2D eigenvalue weighted by Gasteiger charge is -2.13. The molecule has 1 aromatic rings. The molecule has 0 aromatic carbocycles. The Hall–Kier alpha value is 0.0700. The summed E-state index contributed by atoms with van der Waals surface area (Å²) >= 11 is 23.0. The van der Waals surface area contributed by atoms with Gasteiger partial charge in [0.2, 0.25) is 9.67 Å². The van der Waals surface area contributed by atoms with E-state index in [4.69, 9.17) is 55.9 Å². The first kappa shape index (κ1) is 14.1. The average Bonchev–Trinajstić information content (AvgIpc) is 2.16. The number of ether oxygens (including phenoxy) is 2. The standard InChI is InChI=1S/C9H9Cl4NO2/c1-15-2-3-16-8-5-6(9(11,12)13)4-7(10)14-8/h4-5H,2-3H2,1H3. The summed E-state index contributed by atoms with van der Waals surface area (Å²) in [4.78, 5) is 3.93. The van der Waals surface area contributed by atoms with Crippen LogP contribution in [-0.4, -0.2) is 25.3 Å². The SMILES string of the molecule is COCCOc1cc(C(Cl)(Cl)Cl)cc(Cl)n1. The van der Waals surface area contributed by atoms with Crippen LogP contribution in [0.25, 0.3) is 0 Å². The number of hydrogen-bond donors (Lipinski definition) is 0. The second-order valence-electron chi connectivity index (χ2n) is 2.86. The number of rotatable bonds is 4. The maximum atomic E-state index is 5.77. The number of halogens is 4. The number of pyridine rings is 1. The van der Waals surface area contributed by atoms with Crippen LogP contribution in [-0.2, 0) is 8.53 Å². The van der Waals surface area contributed by atoms with Crippen molar-refractivity contribution < 1.29 is 9.47 Å². The summed E-state index contributed by atoms with van der Waals surface area (Å²) < 4.78 is 8.54. The van der Waals surface area contributed by atoms with Gasteiger partial charge in [0, 0.05) is 18.7 Å². The van der Waals surface area contributed by atoms with Crippen molar-refractivity contribution in [2.24, 2.45) is 0 Å². The molecule has 0 N–H and O–H groups in total. The molecule has 0 saturated carbocycles. The highest BCUT2D eigenvalue weighted by molar-refractivity contribution is 6.66. The van der Waals surface area contributed by atoms with Crippen molar-refractivity contribution in [2.75, 3.05) is 20.3 Å². The topological polar surface area (TPSA) is 31.4 Å². The van der Waals surface area contributed by atoms with Gasteiger partial charge in [-0.3, -0.25) is 0 Å². The molecule has 1 aromatic heterocycles. The van der Waals surface area contributed by atoms with Crippen molar-refractivity contribution >= 4 is 46.4 Å². The van der Waals surface area contributed by atoms with Gasteiger partial charge in [0.15, 0.2) is 0 Å². The summed E-state index contributed by atoms with van der Waals surface area (Å²) in [5.41, 5.74) is 0.407. The van der Waals surface area contributed by atoms with E-state index < -0.39 is 3.79 Å². The third-order valence-electron chi connectivity index (χ3n) is 1.64. The summed E-state index contributed by atoms with van der Waals surface area (Å²) in [5, 5.41) is 0.205. The maximum absolute atomic E-state index is 5.77. The molecule has 90 valence electrons. The summed E-state index contributed by atoms with van der Waals surface area (Å²) in [6.07, 6.45) is 0. The molecule has 3 nitrogen and oxygen atoms in total. The minimum absolute atomic E-state index is 0.205. The lowest BCUT2D eigenvalue weighted by Crippen LogP contribution is -2.07. The van der Waals surface area contributed by atoms with Crippen LogP contribution >= 0.6 is 46.4 Å². The van der Waals surface area contributed by atoms with Gasteiger partial charge >= 0.3 is 0 Å². The second kappa shape index (κ2) is 6.12. The normalized spacial score (nSPS) is 11.6. The molecule has 0 amide bonds. The predicted octanol–water partition coefficient (Wildman–Crippen LogP) is 3.59. The van der Waals surface area contributed by atoms with Crippen molar-refractivity contribution in [2.45, 2.75) is 3.79 Å². The molecular formula is C9H9Cl4NO2. The van der Waals surface area contributed by atoms with Crippen molar-refractivity contribution in [3.05, 3.63) is 22.8 Å². The number of aromatic nitrogens is 1. The van der Waals surface area contributed by atoms with E-state index in [0.717, 1.165) is 0 Å². The molecule has 0 atom stereocenters. The zero-order valence-corrected chi connectivity index (χ0v) is 11.4. The van der Waals surface area contributed by atoms with Gasteiger partial charge in [0.1, 0.15) is 11.8 Å². The molecule has 1 rings (SSSR count). The lowest BCUT2D eigenvalue weighted by atomic mass is 10.3. The van der Waals surface area contributed by atoms with Crippen molar-refractivity contribution in [1.29, 1.82) is 0 Å². The summed E-state index contributed by atoms with van der Waals surface area (Å²) in [6, 6.07) is 2.99. The number of alkyl halides is 3. The Morgan fingerprint density at radius 2 is 1.94 bits per heavy atom. The van der Waals surface area contributed by atoms with Crippen molar-refractivity contribution in [3.63, 3.8) is 0 Å². The zero-order valence-electron chi connectivity index (χ0n) is 8.34. The van der Waals surface area contributed by atoms with Crippen molar-refractivity contribution in [1.82, 2.24) is 4.98 Å². The molecule has 0 spiro atoms. The van der Waals surface area contributed by atoms with E-state index in [9.17, 15) is 0 Å². The Kier molecular flexibility index (Phi) is 5.41. The highest BCUT2D eigenvalue weighted by Gasteiger charge is 2.24. The second-order valence-corrected chi connectivity index (χ2v) is 5.52. The van der Waals surface area contributed by atoms with E-state index in [0.29, 0.717) is 24.7 Å². The number of hydrogen-bond acceptors (Lipinski definition) is 3. The van der Waals surface area contributed by atoms with Gasteiger partial charge in [-0.25, -0.2) is 4.98 Å². The van der Waals surface area contributed by atoms with E-state index in [1.165, 1.54) is 12.1 Å². The first-order valence-electron chi connectivity index (χ1n) is 4.30. The fourth-order valence-corrected chi connectivity index (χ4v) is 1.47. The summed E-state index contributed by atoms with van der Waals surface area (Å²) in [7, 11) is 1.57. The van der Waals surface area contributed by atoms with Gasteiger partial charge < -0.3 is 9.47 Å². The fourth-order valence-electron chi connectivity index (χ4n) is 0.940. The fraction of sp³-hybridized carbons (Fsp3) is 0.444. The Morgan fingerprint density at radius 1 is 1.25 bits per heavy atom. The largest absolute Gasteiger partial charge is 0.475 e. The van der Waals surface area contributed by atoms with Gasteiger partial charge in [0.25, 0.3) is 0 Å². The third-order valence-corrected chi connectivity index (χ3v) is 2.48. The van der Waals surface area contributed by atoms with Crippen LogP contribution in [0.15, 0.2) is 12.1 Å². The Morgan fingerprint density at radius 3 is 2.50 bits per heavy atom. The van der Waals surface area contributed by atoms with Gasteiger partial charge in [-0.2, -0.15) is 0 Å². The quantitative estimate of drug-likeness (QED) is 0.484. The van der Waals surface area contributed by atoms with E-state index in [-0.39, 0.29) is 5.15 Å². The highest BCUT2D eigenvalue weighted by Crippen LogP contribution is 2.39. The number of nitrogens with zero attached hydrogens (tertiary/aromatic N) is 1. The van der Waals surface area contributed by atoms with Gasteiger partial charge in [-0.15, -0.1) is 0 Å². The average molecular weight is 305 g/mol. The molecule has 16 heavy (non-hydrogen) atoms. The maximum Gasteiger partial charge on any atom is 0.216 e. The van der Waals surface area contributed by atoms with Crippen LogP contribution in [0.4, 0.5) is 0 Å². The number of methoxy groups -OCH3 is 1. The molecule has 0 aliphatic carbocycles. The van der Waals surface area contributed by atoms with Gasteiger partial charge in [-0.05, 0) is 6.07 Å². The molecule has 7 heteroatoms. The van der Waals surface area contributed by atoms with Crippen LogP contribution in [0.5, 0.6) is 5.88 Å². The van der Waals surface area contributed by atoms with Crippen LogP contribution in [0.2, 0.25) is 5.15 Å². The van der Waals surface area contributed by atoms with Crippen LogP contribution in [0.3, 0.4) is 0 Å². The minimum atomic E-state index is -1.55. The van der Waals surface area contributed by atoms with E-state index in [1.54, 1.807) is 7.11 Å². The molecule has 0 aliphatic heterocycles. The monoisotopic (exact) mass is 303 g/mol. The third kappa shape index (κ3) is 4.52. The Labute approximate surface area is 114 Å². The molecule has 0 unspecified atom stereocenters. The van der Waals surface area contributed by atoms with Gasteiger partial charge in [0.05, 0.1) is 6.61 Å². The molecule has 0 bridgehead atoms. The minimum Gasteiger partial charge on any atom is -0.475 e. The van der Waals surface area contributed by atoms with E-state index >= 15 is 0 Å². The molecular weight excluding hydrogens is 296 g/mol. The predicted molar refractivity (Wildman–Crippen MR) is 65.9 cm³/mol. The summed E-state index contributed by atoms with van der Waals surface area (Å²) in [5.74, 6) is 0.297. The first-order chi connectivity index (χ1) is 7.43. The first-order valence-corrected chi connectivity index (χ1v) is 5.81. The van der Waals surface area contributed by atoms with E-state index in [1.807, 2.05) is 0 Å². The van der Waals surface area contributed by atoms with Gasteiger partial charge in [-0.1, -0.05) is 46.4 Å². The zero-order chi connectivity index (χ0) is 12.2. The smallest absolute Gasteiger partial charge is 0.216 e. The highest BCUT2D eigenvalue weighted by atomic mass is 35.6. The summed E-state index contributed by atoms with van der Waals surface area (Å²) in [6.45, 7) is 0.792. The molecule has 0 fully saturated rings. The van der Waals surface area contributed by atoms with Crippen molar-refractivity contribution in [3.8, 4) is 5.88 Å². The lowest BCUT2D eigenvalue weighted by molar-refractivity contribution is 0.143. The molecule has 0 saturated heterocycles. The molecule has 1 heterocycles. The van der Waals surface area contributed by atoms with Crippen LogP contribution < -0.4 is 4.74 Å². The molecule has 0 radical (unpaired) electrons. The molecule has 0 aliphatic rings. The van der Waals surface area contributed by atoms with E-state index in [2.05, 4.69) is 4.98 Å². The Balaban J connectivity index is 2.82. The Bertz CT molecular complexity index is 354. The van der Waals surface area contributed by atoms with Crippen LogP contribution in [0, 0.1) is 0 Å². The van der Waals surface area contributed by atoms with Crippen LogP contribution in [0.1, 0.15) is 5.56 Å².